The number of rotatable bonds is 4. The van der Waals surface area contributed by atoms with Gasteiger partial charge in [0.05, 0.1) is 6.33 Å². The number of fused-ring (bicyclic) bond motifs is 2. The molecule has 2 aliphatic rings. The molecule has 0 spiro atoms. The van der Waals surface area contributed by atoms with Crippen LogP contribution in [0.25, 0.3) is 16.7 Å². The molecule has 156 valence electrons. The molecule has 1 saturated carbocycles. The van der Waals surface area contributed by atoms with Gasteiger partial charge < -0.3 is 9.09 Å². The molecule has 1 fully saturated rings. The second kappa shape index (κ2) is 6.40. The van der Waals surface area contributed by atoms with E-state index in [1.54, 1.807) is 17.9 Å². The minimum absolute atomic E-state index is 0.117. The van der Waals surface area contributed by atoms with Gasteiger partial charge in [-0.1, -0.05) is 11.2 Å². The fraction of sp³-hybridized carbons (Fsp3) is 0.286. The molecule has 31 heavy (non-hydrogen) atoms. The summed E-state index contributed by atoms with van der Waals surface area (Å²) in [5.74, 6) is 0.392. The SMILES string of the molecule is Cn1cnc2ncn(Cc3nc([C@H]4[C@@H]5C=C(c6cc(F)cc(F)c6)C[C@@H]54)no3)c(=O)c21. The van der Waals surface area contributed by atoms with Crippen LogP contribution < -0.4 is 5.56 Å². The lowest BCUT2D eigenvalue weighted by atomic mass is 10.0. The third-order valence-electron chi connectivity index (χ3n) is 6.10. The number of halogens is 2. The topological polar surface area (TPSA) is 91.6 Å². The molecule has 8 nitrogen and oxygen atoms in total. The van der Waals surface area contributed by atoms with Gasteiger partial charge in [-0.3, -0.25) is 9.36 Å². The standard InChI is InChI=1S/C21H16F2N6O2/c1-28-8-24-20-18(28)21(30)29(9-25-20)7-16-26-19(27-31-16)17-14-4-11(5-15(14)17)10-2-12(22)6-13(23)3-10/h2-4,6,8-9,14-15,17H,5,7H2,1H3/t14-,15+,17+/m1/s1. The van der Waals surface area contributed by atoms with Crippen molar-refractivity contribution in [3.8, 4) is 0 Å². The smallest absolute Gasteiger partial charge is 0.280 e. The first-order chi connectivity index (χ1) is 15.0. The summed E-state index contributed by atoms with van der Waals surface area (Å²) in [5.41, 5.74) is 2.08. The van der Waals surface area contributed by atoms with Crippen molar-refractivity contribution < 1.29 is 13.3 Å². The molecule has 3 aromatic heterocycles. The Balaban J connectivity index is 1.21. The maximum atomic E-state index is 13.5. The predicted molar refractivity (Wildman–Crippen MR) is 105 cm³/mol. The molecule has 3 heterocycles. The molecule has 6 rings (SSSR count). The van der Waals surface area contributed by atoms with E-state index in [1.807, 2.05) is 6.08 Å². The lowest BCUT2D eigenvalue weighted by Gasteiger charge is -2.06. The molecule has 0 N–H and O–H groups in total. The minimum Gasteiger partial charge on any atom is -0.337 e. The first-order valence-electron chi connectivity index (χ1n) is 9.84. The van der Waals surface area contributed by atoms with E-state index in [4.69, 9.17) is 4.52 Å². The summed E-state index contributed by atoms with van der Waals surface area (Å²) in [4.78, 5) is 25.4. The van der Waals surface area contributed by atoms with Gasteiger partial charge in [0.1, 0.15) is 24.5 Å². The van der Waals surface area contributed by atoms with Crippen molar-refractivity contribution in [1.29, 1.82) is 0 Å². The number of hydrogen-bond acceptors (Lipinski definition) is 6. The van der Waals surface area contributed by atoms with Crippen molar-refractivity contribution in [2.24, 2.45) is 18.9 Å². The Bertz CT molecular complexity index is 1420. The largest absolute Gasteiger partial charge is 0.337 e. The van der Waals surface area contributed by atoms with Crippen LogP contribution in [-0.2, 0) is 13.6 Å². The predicted octanol–water partition coefficient (Wildman–Crippen LogP) is 2.66. The summed E-state index contributed by atoms with van der Waals surface area (Å²) < 4.78 is 35.4. The van der Waals surface area contributed by atoms with Crippen LogP contribution in [0.3, 0.4) is 0 Å². The molecule has 10 heteroatoms. The van der Waals surface area contributed by atoms with Crippen LogP contribution in [0, 0.1) is 23.5 Å². The number of aryl methyl sites for hydroxylation is 1. The van der Waals surface area contributed by atoms with Gasteiger partial charge in [-0.15, -0.1) is 0 Å². The van der Waals surface area contributed by atoms with Crippen molar-refractivity contribution >= 4 is 16.7 Å². The molecule has 2 aliphatic carbocycles. The molecule has 0 radical (unpaired) electrons. The number of benzene rings is 1. The number of allylic oxidation sites excluding steroid dienone is 2. The summed E-state index contributed by atoms with van der Waals surface area (Å²) in [6, 6.07) is 3.58. The maximum Gasteiger partial charge on any atom is 0.280 e. The molecule has 1 aromatic carbocycles. The second-order valence-electron chi connectivity index (χ2n) is 8.07. The van der Waals surface area contributed by atoms with Crippen molar-refractivity contribution in [3.05, 3.63) is 76.2 Å². The van der Waals surface area contributed by atoms with Crippen LogP contribution in [0.5, 0.6) is 0 Å². The van der Waals surface area contributed by atoms with Crippen LogP contribution in [-0.4, -0.2) is 29.2 Å². The molecule has 0 amide bonds. The van der Waals surface area contributed by atoms with Gasteiger partial charge >= 0.3 is 0 Å². The van der Waals surface area contributed by atoms with Gasteiger partial charge in [0.2, 0.25) is 5.89 Å². The van der Waals surface area contributed by atoms with Gasteiger partial charge in [0.15, 0.2) is 17.0 Å². The van der Waals surface area contributed by atoms with Crippen molar-refractivity contribution in [2.75, 3.05) is 0 Å². The monoisotopic (exact) mass is 422 g/mol. The van der Waals surface area contributed by atoms with Crippen molar-refractivity contribution in [1.82, 2.24) is 29.2 Å². The molecular weight excluding hydrogens is 406 g/mol. The van der Waals surface area contributed by atoms with Gasteiger partial charge in [-0.05, 0) is 41.5 Å². The normalized spacial score (nSPS) is 22.0. The van der Waals surface area contributed by atoms with Crippen molar-refractivity contribution in [3.63, 3.8) is 0 Å². The summed E-state index contributed by atoms with van der Waals surface area (Å²) in [7, 11) is 1.74. The Hall–Kier alpha value is -3.69. The Morgan fingerprint density at radius 1 is 1.16 bits per heavy atom. The van der Waals surface area contributed by atoms with E-state index in [2.05, 4.69) is 20.1 Å². The van der Waals surface area contributed by atoms with Crippen LogP contribution >= 0.6 is 0 Å². The summed E-state index contributed by atoms with van der Waals surface area (Å²) in [5, 5.41) is 4.09. The van der Waals surface area contributed by atoms with Crippen LogP contribution in [0.4, 0.5) is 8.78 Å². The highest BCUT2D eigenvalue weighted by Gasteiger charge is 2.55. The first kappa shape index (κ1) is 18.1. The van der Waals surface area contributed by atoms with E-state index < -0.39 is 11.6 Å². The molecule has 0 bridgehead atoms. The lowest BCUT2D eigenvalue weighted by Crippen LogP contribution is -2.22. The van der Waals surface area contributed by atoms with Crippen LogP contribution in [0.1, 0.15) is 29.6 Å². The Morgan fingerprint density at radius 3 is 2.68 bits per heavy atom. The van der Waals surface area contributed by atoms with E-state index in [9.17, 15) is 13.6 Å². The van der Waals surface area contributed by atoms with Crippen LogP contribution in [0.2, 0.25) is 0 Å². The Morgan fingerprint density at radius 2 is 1.94 bits per heavy atom. The highest BCUT2D eigenvalue weighted by atomic mass is 19.1. The van der Waals surface area contributed by atoms with Gasteiger partial charge in [-0.25, -0.2) is 18.7 Å². The van der Waals surface area contributed by atoms with Crippen LogP contribution in [0.15, 0.2) is 46.2 Å². The molecular formula is C21H16F2N6O2. The Labute approximate surface area is 173 Å². The maximum absolute atomic E-state index is 13.5. The average Bonchev–Trinajstić information content (AvgIpc) is 3.15. The van der Waals surface area contributed by atoms with Gasteiger partial charge in [-0.2, -0.15) is 4.98 Å². The van der Waals surface area contributed by atoms with E-state index in [0.29, 0.717) is 40.8 Å². The summed E-state index contributed by atoms with van der Waals surface area (Å²) in [6.45, 7) is 0.117. The molecule has 3 atom stereocenters. The molecule has 0 saturated heterocycles. The second-order valence-corrected chi connectivity index (χ2v) is 8.07. The minimum atomic E-state index is -0.579. The number of nitrogens with zero attached hydrogens (tertiary/aromatic N) is 6. The lowest BCUT2D eigenvalue weighted by molar-refractivity contribution is 0.364. The van der Waals surface area contributed by atoms with E-state index in [0.717, 1.165) is 11.6 Å². The van der Waals surface area contributed by atoms with Crippen molar-refractivity contribution in [2.45, 2.75) is 18.9 Å². The number of imidazole rings is 1. The molecule has 0 unspecified atom stereocenters. The quantitative estimate of drug-likeness (QED) is 0.502. The zero-order valence-electron chi connectivity index (χ0n) is 16.4. The number of hydrogen-bond donors (Lipinski definition) is 0. The highest BCUT2D eigenvalue weighted by molar-refractivity contribution is 5.71. The highest BCUT2D eigenvalue weighted by Crippen LogP contribution is 2.62. The zero-order valence-corrected chi connectivity index (χ0v) is 16.4. The van der Waals surface area contributed by atoms with E-state index in [1.165, 1.54) is 23.0 Å². The third-order valence-corrected chi connectivity index (χ3v) is 6.10. The fourth-order valence-corrected chi connectivity index (χ4v) is 4.56. The fourth-order valence-electron chi connectivity index (χ4n) is 4.56. The average molecular weight is 422 g/mol. The summed E-state index contributed by atoms with van der Waals surface area (Å²) >= 11 is 0. The summed E-state index contributed by atoms with van der Waals surface area (Å²) in [6.07, 6.45) is 5.72. The first-order valence-corrected chi connectivity index (χ1v) is 9.84. The Kier molecular flexibility index (Phi) is 3.74. The number of aromatic nitrogens is 6. The third kappa shape index (κ3) is 2.89. The van der Waals surface area contributed by atoms with Gasteiger partial charge in [0, 0.05) is 19.0 Å². The molecule has 0 aliphatic heterocycles. The van der Waals surface area contributed by atoms with Gasteiger partial charge in [0.25, 0.3) is 5.56 Å². The zero-order chi connectivity index (χ0) is 21.3. The van der Waals surface area contributed by atoms with E-state index in [-0.39, 0.29) is 23.9 Å². The van der Waals surface area contributed by atoms with E-state index >= 15 is 0 Å². The molecule has 4 aromatic rings.